The molecule has 0 aliphatic rings. The topological polar surface area (TPSA) is 84.7 Å². The van der Waals surface area contributed by atoms with Gasteiger partial charge in [0.05, 0.1) is 19.2 Å². The Balaban J connectivity index is 2.13. The van der Waals surface area contributed by atoms with Gasteiger partial charge in [0.2, 0.25) is 0 Å². The van der Waals surface area contributed by atoms with E-state index < -0.39 is 5.97 Å². The molecule has 7 nitrogen and oxygen atoms in total. The Morgan fingerprint density at radius 3 is 2.52 bits per heavy atom. The molecule has 7 heteroatoms. The SMILES string of the molecule is CCN(CCC(=O)O)C(=O)c1ccn(-c2ccc(OC)cc2)n1. The molecule has 0 spiro atoms. The van der Waals surface area contributed by atoms with Gasteiger partial charge in [0.25, 0.3) is 5.91 Å². The highest BCUT2D eigenvalue weighted by Crippen LogP contribution is 2.15. The van der Waals surface area contributed by atoms with Crippen LogP contribution in [0.3, 0.4) is 0 Å². The van der Waals surface area contributed by atoms with E-state index in [9.17, 15) is 9.59 Å². The first kappa shape index (κ1) is 16.5. The van der Waals surface area contributed by atoms with E-state index in [0.29, 0.717) is 6.54 Å². The Bertz CT molecular complexity index is 679. The molecule has 1 N–H and O–H groups in total. The number of methoxy groups -OCH3 is 1. The number of rotatable bonds is 7. The monoisotopic (exact) mass is 317 g/mol. The van der Waals surface area contributed by atoms with Crippen molar-refractivity contribution >= 4 is 11.9 Å². The van der Waals surface area contributed by atoms with E-state index in [4.69, 9.17) is 9.84 Å². The van der Waals surface area contributed by atoms with Crippen molar-refractivity contribution in [1.29, 1.82) is 0 Å². The summed E-state index contributed by atoms with van der Waals surface area (Å²) < 4.78 is 6.70. The van der Waals surface area contributed by atoms with Gasteiger partial charge in [-0.2, -0.15) is 5.10 Å². The number of hydrogen-bond donors (Lipinski definition) is 1. The first-order valence-electron chi connectivity index (χ1n) is 7.26. The van der Waals surface area contributed by atoms with Crippen molar-refractivity contribution in [2.45, 2.75) is 13.3 Å². The molecule has 0 fully saturated rings. The van der Waals surface area contributed by atoms with Gasteiger partial charge in [-0.25, -0.2) is 4.68 Å². The second kappa shape index (κ2) is 7.44. The van der Waals surface area contributed by atoms with Crippen LogP contribution in [0.25, 0.3) is 5.69 Å². The van der Waals surface area contributed by atoms with Crippen LogP contribution >= 0.6 is 0 Å². The van der Waals surface area contributed by atoms with Gasteiger partial charge in [-0.3, -0.25) is 9.59 Å². The van der Waals surface area contributed by atoms with Gasteiger partial charge in [0.1, 0.15) is 5.75 Å². The van der Waals surface area contributed by atoms with Crippen molar-refractivity contribution in [2.75, 3.05) is 20.2 Å². The Morgan fingerprint density at radius 2 is 1.96 bits per heavy atom. The van der Waals surface area contributed by atoms with Crippen molar-refractivity contribution in [3.8, 4) is 11.4 Å². The van der Waals surface area contributed by atoms with E-state index in [1.807, 2.05) is 24.3 Å². The second-order valence-corrected chi connectivity index (χ2v) is 4.87. The summed E-state index contributed by atoms with van der Waals surface area (Å²) in [6, 6.07) is 8.91. The van der Waals surface area contributed by atoms with Crippen LogP contribution in [0.5, 0.6) is 5.75 Å². The number of ether oxygens (including phenoxy) is 1. The fourth-order valence-corrected chi connectivity index (χ4v) is 2.11. The van der Waals surface area contributed by atoms with Crippen molar-refractivity contribution in [3.05, 3.63) is 42.2 Å². The van der Waals surface area contributed by atoms with E-state index in [2.05, 4.69) is 5.10 Å². The molecule has 0 saturated heterocycles. The predicted octanol–water partition coefficient (Wildman–Crippen LogP) is 1.82. The molecule has 122 valence electrons. The quantitative estimate of drug-likeness (QED) is 0.842. The van der Waals surface area contributed by atoms with Gasteiger partial charge in [-0.1, -0.05) is 0 Å². The number of benzene rings is 1. The lowest BCUT2D eigenvalue weighted by molar-refractivity contribution is -0.137. The molecule has 0 aliphatic heterocycles. The van der Waals surface area contributed by atoms with E-state index in [0.717, 1.165) is 11.4 Å². The summed E-state index contributed by atoms with van der Waals surface area (Å²) in [6.45, 7) is 2.40. The number of aromatic nitrogens is 2. The second-order valence-electron chi connectivity index (χ2n) is 4.87. The molecule has 2 aromatic rings. The fraction of sp³-hybridized carbons (Fsp3) is 0.312. The zero-order chi connectivity index (χ0) is 16.8. The molecule has 1 amide bonds. The van der Waals surface area contributed by atoms with Crippen LogP contribution in [0, 0.1) is 0 Å². The third kappa shape index (κ3) is 4.09. The maximum Gasteiger partial charge on any atom is 0.305 e. The van der Waals surface area contributed by atoms with Crippen LogP contribution in [0.1, 0.15) is 23.8 Å². The Labute approximate surface area is 134 Å². The molecule has 23 heavy (non-hydrogen) atoms. The molecule has 2 rings (SSSR count). The minimum atomic E-state index is -0.931. The highest BCUT2D eigenvalue weighted by atomic mass is 16.5. The Morgan fingerprint density at radius 1 is 1.26 bits per heavy atom. The summed E-state index contributed by atoms with van der Waals surface area (Å²) >= 11 is 0. The fourth-order valence-electron chi connectivity index (χ4n) is 2.11. The van der Waals surface area contributed by atoms with Crippen LogP contribution < -0.4 is 4.74 Å². The molecular weight excluding hydrogens is 298 g/mol. The maximum atomic E-state index is 12.4. The van der Waals surface area contributed by atoms with E-state index >= 15 is 0 Å². The van der Waals surface area contributed by atoms with Gasteiger partial charge >= 0.3 is 5.97 Å². The summed E-state index contributed by atoms with van der Waals surface area (Å²) in [7, 11) is 1.59. The standard InChI is InChI=1S/C16H19N3O4/c1-3-18(10-9-15(20)21)16(22)14-8-11-19(17-14)12-4-6-13(23-2)7-5-12/h4-8,11H,3,9-10H2,1-2H3,(H,20,21). The molecular formula is C16H19N3O4. The number of hydrogen-bond acceptors (Lipinski definition) is 4. The molecule has 0 radical (unpaired) electrons. The van der Waals surface area contributed by atoms with Crippen LogP contribution in [0.15, 0.2) is 36.5 Å². The minimum Gasteiger partial charge on any atom is -0.497 e. The smallest absolute Gasteiger partial charge is 0.305 e. The number of nitrogens with zero attached hydrogens (tertiary/aromatic N) is 3. The normalized spacial score (nSPS) is 10.3. The lowest BCUT2D eigenvalue weighted by Gasteiger charge is -2.18. The average Bonchev–Trinajstić information content (AvgIpc) is 3.05. The van der Waals surface area contributed by atoms with Gasteiger partial charge in [0, 0.05) is 19.3 Å². The zero-order valence-electron chi connectivity index (χ0n) is 13.1. The molecule has 1 heterocycles. The van der Waals surface area contributed by atoms with Crippen molar-refractivity contribution in [1.82, 2.24) is 14.7 Å². The van der Waals surface area contributed by atoms with Crippen LogP contribution in [-0.4, -0.2) is 51.9 Å². The average molecular weight is 317 g/mol. The largest absolute Gasteiger partial charge is 0.497 e. The van der Waals surface area contributed by atoms with E-state index in [1.54, 1.807) is 31.0 Å². The zero-order valence-corrected chi connectivity index (χ0v) is 13.1. The van der Waals surface area contributed by atoms with Crippen molar-refractivity contribution in [3.63, 3.8) is 0 Å². The molecule has 0 saturated carbocycles. The number of carbonyl (C=O) groups is 2. The third-order valence-electron chi connectivity index (χ3n) is 3.41. The van der Waals surface area contributed by atoms with Gasteiger partial charge in [-0.05, 0) is 37.3 Å². The predicted molar refractivity (Wildman–Crippen MR) is 83.9 cm³/mol. The summed E-state index contributed by atoms with van der Waals surface area (Å²) in [6.07, 6.45) is 1.61. The Hall–Kier alpha value is -2.83. The number of aliphatic carboxylic acids is 1. The van der Waals surface area contributed by atoms with E-state index in [1.165, 1.54) is 4.90 Å². The molecule has 0 bridgehead atoms. The molecule has 0 unspecified atom stereocenters. The van der Waals surface area contributed by atoms with Crippen LogP contribution in [0.2, 0.25) is 0 Å². The summed E-state index contributed by atoms with van der Waals surface area (Å²) in [5.41, 5.74) is 1.09. The summed E-state index contributed by atoms with van der Waals surface area (Å²) in [4.78, 5) is 24.5. The highest BCUT2D eigenvalue weighted by Gasteiger charge is 2.18. The van der Waals surface area contributed by atoms with Crippen LogP contribution in [-0.2, 0) is 4.79 Å². The highest BCUT2D eigenvalue weighted by molar-refractivity contribution is 5.92. The first-order valence-corrected chi connectivity index (χ1v) is 7.26. The lowest BCUT2D eigenvalue weighted by Crippen LogP contribution is -2.33. The van der Waals surface area contributed by atoms with Crippen molar-refractivity contribution in [2.24, 2.45) is 0 Å². The van der Waals surface area contributed by atoms with Gasteiger partial charge in [-0.15, -0.1) is 0 Å². The number of amides is 1. The summed E-state index contributed by atoms with van der Waals surface area (Å²) in [5, 5.41) is 13.0. The third-order valence-corrected chi connectivity index (χ3v) is 3.41. The first-order chi connectivity index (χ1) is 11.0. The molecule has 1 aromatic heterocycles. The molecule has 1 aromatic carbocycles. The van der Waals surface area contributed by atoms with Crippen LogP contribution in [0.4, 0.5) is 0 Å². The number of carboxylic acids is 1. The minimum absolute atomic E-state index is 0.0846. The summed E-state index contributed by atoms with van der Waals surface area (Å²) in [5.74, 6) is -0.468. The van der Waals surface area contributed by atoms with Gasteiger partial charge < -0.3 is 14.7 Å². The molecule has 0 atom stereocenters. The maximum absolute atomic E-state index is 12.4. The number of carboxylic acid groups (broad SMARTS) is 1. The van der Waals surface area contributed by atoms with Crippen molar-refractivity contribution < 1.29 is 19.4 Å². The number of carbonyl (C=O) groups excluding carboxylic acids is 1. The lowest BCUT2D eigenvalue weighted by atomic mass is 10.3. The Kier molecular flexibility index (Phi) is 5.35. The molecule has 0 aliphatic carbocycles. The van der Waals surface area contributed by atoms with Gasteiger partial charge in [0.15, 0.2) is 5.69 Å². The van der Waals surface area contributed by atoms with E-state index in [-0.39, 0.29) is 24.6 Å².